The molecule has 1 saturated heterocycles. The highest BCUT2D eigenvalue weighted by Crippen LogP contribution is 2.28. The third-order valence-electron chi connectivity index (χ3n) is 5.18. The normalized spacial score (nSPS) is 18.5. The van der Waals surface area contributed by atoms with E-state index in [2.05, 4.69) is 51.4 Å². The van der Waals surface area contributed by atoms with Gasteiger partial charge in [0.05, 0.1) is 19.8 Å². The van der Waals surface area contributed by atoms with Crippen LogP contribution in [-0.4, -0.2) is 75.9 Å². The van der Waals surface area contributed by atoms with E-state index >= 15 is 0 Å². The number of guanidine groups is 1. The molecule has 1 aromatic carbocycles. The first-order valence-electron chi connectivity index (χ1n) is 10.1. The number of nitrogens with one attached hydrogen (secondary N) is 1. The largest absolute Gasteiger partial charge is 0.379 e. The summed E-state index contributed by atoms with van der Waals surface area (Å²) >= 11 is 0. The third-order valence-corrected chi connectivity index (χ3v) is 5.18. The summed E-state index contributed by atoms with van der Waals surface area (Å²) in [7, 11) is 3.89. The standard InChI is InChI=1S/C21H34N4O2/c1-22-21(24(2)9-12-27-17-20-7-8-20)23-15-18-3-5-19(6-4-18)16-25-10-13-26-14-11-25/h3-6,20H,7-17H2,1-2H3,(H,22,23). The van der Waals surface area contributed by atoms with Crippen LogP contribution in [0.1, 0.15) is 24.0 Å². The summed E-state index contributed by atoms with van der Waals surface area (Å²) in [5, 5.41) is 3.44. The van der Waals surface area contributed by atoms with Crippen molar-refractivity contribution < 1.29 is 9.47 Å². The van der Waals surface area contributed by atoms with Gasteiger partial charge in [-0.25, -0.2) is 0 Å². The number of likely N-dealkylation sites (N-methyl/N-ethyl adjacent to an activating group) is 1. The Balaban J connectivity index is 1.37. The number of hydrogen-bond acceptors (Lipinski definition) is 4. The van der Waals surface area contributed by atoms with Crippen LogP contribution in [-0.2, 0) is 22.6 Å². The second kappa shape index (κ2) is 10.6. The lowest BCUT2D eigenvalue weighted by Crippen LogP contribution is -2.40. The molecular formula is C21H34N4O2. The quantitative estimate of drug-likeness (QED) is 0.407. The molecule has 1 heterocycles. The van der Waals surface area contributed by atoms with Gasteiger partial charge in [0.1, 0.15) is 0 Å². The van der Waals surface area contributed by atoms with Crippen LogP contribution < -0.4 is 5.32 Å². The molecule has 1 aliphatic carbocycles. The fourth-order valence-electron chi connectivity index (χ4n) is 3.19. The van der Waals surface area contributed by atoms with Gasteiger partial charge in [0, 0.05) is 53.4 Å². The van der Waals surface area contributed by atoms with E-state index in [0.29, 0.717) is 0 Å². The first kappa shape index (κ1) is 20.1. The highest BCUT2D eigenvalue weighted by molar-refractivity contribution is 5.79. The topological polar surface area (TPSA) is 49.3 Å². The Morgan fingerprint density at radius 3 is 2.59 bits per heavy atom. The van der Waals surface area contributed by atoms with Gasteiger partial charge < -0.3 is 19.7 Å². The van der Waals surface area contributed by atoms with Crippen LogP contribution in [0.25, 0.3) is 0 Å². The summed E-state index contributed by atoms with van der Waals surface area (Å²) in [6.45, 7) is 8.04. The second-order valence-corrected chi connectivity index (χ2v) is 7.55. The highest BCUT2D eigenvalue weighted by atomic mass is 16.5. The number of morpholine rings is 1. The maximum absolute atomic E-state index is 5.72. The summed E-state index contributed by atoms with van der Waals surface area (Å²) in [5.41, 5.74) is 2.62. The zero-order valence-corrected chi connectivity index (χ0v) is 16.8. The van der Waals surface area contributed by atoms with Gasteiger partial charge in [0.25, 0.3) is 0 Å². The van der Waals surface area contributed by atoms with Crippen LogP contribution in [0, 0.1) is 5.92 Å². The van der Waals surface area contributed by atoms with Crippen LogP contribution in [0.4, 0.5) is 0 Å². The minimum absolute atomic E-state index is 0.754. The molecule has 6 nitrogen and oxygen atoms in total. The lowest BCUT2D eigenvalue weighted by atomic mass is 10.1. The van der Waals surface area contributed by atoms with Crippen LogP contribution in [0.2, 0.25) is 0 Å². The maximum Gasteiger partial charge on any atom is 0.193 e. The smallest absolute Gasteiger partial charge is 0.193 e. The van der Waals surface area contributed by atoms with Gasteiger partial charge in [-0.2, -0.15) is 0 Å². The average Bonchev–Trinajstić information content (AvgIpc) is 3.52. The van der Waals surface area contributed by atoms with Crippen molar-refractivity contribution in [1.29, 1.82) is 0 Å². The van der Waals surface area contributed by atoms with Crippen molar-refractivity contribution in [3.05, 3.63) is 35.4 Å². The van der Waals surface area contributed by atoms with Crippen molar-refractivity contribution in [3.63, 3.8) is 0 Å². The van der Waals surface area contributed by atoms with Crippen molar-refractivity contribution in [2.75, 3.05) is 60.2 Å². The summed E-state index contributed by atoms with van der Waals surface area (Å²) in [6, 6.07) is 8.86. The molecule has 0 aromatic heterocycles. The van der Waals surface area contributed by atoms with Crippen molar-refractivity contribution in [2.45, 2.75) is 25.9 Å². The molecule has 1 aromatic rings. The van der Waals surface area contributed by atoms with E-state index in [0.717, 1.165) is 71.0 Å². The molecule has 3 rings (SSSR count). The summed E-state index contributed by atoms with van der Waals surface area (Å²) < 4.78 is 11.1. The van der Waals surface area contributed by atoms with Crippen molar-refractivity contribution >= 4 is 5.96 Å². The van der Waals surface area contributed by atoms with Crippen LogP contribution in [0.15, 0.2) is 29.3 Å². The van der Waals surface area contributed by atoms with Crippen LogP contribution in [0.5, 0.6) is 0 Å². The average molecular weight is 375 g/mol. The van der Waals surface area contributed by atoms with E-state index in [9.17, 15) is 0 Å². The van der Waals surface area contributed by atoms with E-state index in [1.54, 1.807) is 0 Å². The number of hydrogen-bond donors (Lipinski definition) is 1. The molecule has 2 fully saturated rings. The van der Waals surface area contributed by atoms with Gasteiger partial charge in [-0.1, -0.05) is 24.3 Å². The Hall–Kier alpha value is -1.63. The Bertz CT molecular complexity index is 580. The fourth-order valence-corrected chi connectivity index (χ4v) is 3.19. The van der Waals surface area contributed by atoms with Gasteiger partial charge in [0.15, 0.2) is 5.96 Å². The second-order valence-electron chi connectivity index (χ2n) is 7.55. The van der Waals surface area contributed by atoms with Gasteiger partial charge in [-0.05, 0) is 29.9 Å². The van der Waals surface area contributed by atoms with E-state index in [-0.39, 0.29) is 0 Å². The van der Waals surface area contributed by atoms with Gasteiger partial charge in [0.2, 0.25) is 0 Å². The highest BCUT2D eigenvalue weighted by Gasteiger charge is 2.21. The molecule has 2 aliphatic rings. The molecule has 0 bridgehead atoms. The van der Waals surface area contributed by atoms with E-state index in [1.165, 1.54) is 24.0 Å². The lowest BCUT2D eigenvalue weighted by Gasteiger charge is -2.26. The molecule has 0 atom stereocenters. The van der Waals surface area contributed by atoms with Crippen LogP contribution in [0.3, 0.4) is 0 Å². The number of rotatable bonds is 9. The fraction of sp³-hybridized carbons (Fsp3) is 0.667. The van der Waals surface area contributed by atoms with Crippen molar-refractivity contribution in [1.82, 2.24) is 15.1 Å². The number of aliphatic imine (C=N–C) groups is 1. The van der Waals surface area contributed by atoms with Gasteiger partial charge >= 0.3 is 0 Å². The van der Waals surface area contributed by atoms with Crippen molar-refractivity contribution in [2.24, 2.45) is 10.9 Å². The molecule has 0 radical (unpaired) electrons. The third kappa shape index (κ3) is 7.13. The van der Waals surface area contributed by atoms with E-state index in [1.807, 2.05) is 7.05 Å². The number of ether oxygens (including phenoxy) is 2. The Morgan fingerprint density at radius 1 is 1.22 bits per heavy atom. The first-order chi connectivity index (χ1) is 13.2. The predicted molar refractivity (Wildman–Crippen MR) is 109 cm³/mol. The summed E-state index contributed by atoms with van der Waals surface area (Å²) in [6.07, 6.45) is 2.68. The zero-order chi connectivity index (χ0) is 18.9. The SMILES string of the molecule is CN=C(NCc1ccc(CN2CCOCC2)cc1)N(C)CCOCC1CC1. The van der Waals surface area contributed by atoms with E-state index < -0.39 is 0 Å². The molecule has 0 unspecified atom stereocenters. The Kier molecular flexibility index (Phi) is 7.93. The molecule has 1 N–H and O–H groups in total. The molecular weight excluding hydrogens is 340 g/mol. The Labute approximate surface area is 163 Å². The molecule has 150 valence electrons. The minimum atomic E-state index is 0.754. The molecule has 0 amide bonds. The predicted octanol–water partition coefficient (Wildman–Crippen LogP) is 1.95. The molecule has 6 heteroatoms. The molecule has 1 saturated carbocycles. The zero-order valence-electron chi connectivity index (χ0n) is 16.8. The molecule has 1 aliphatic heterocycles. The molecule has 27 heavy (non-hydrogen) atoms. The first-order valence-corrected chi connectivity index (χ1v) is 10.1. The Morgan fingerprint density at radius 2 is 1.93 bits per heavy atom. The van der Waals surface area contributed by atoms with Gasteiger partial charge in [-0.3, -0.25) is 9.89 Å². The lowest BCUT2D eigenvalue weighted by molar-refractivity contribution is 0.0342. The monoisotopic (exact) mass is 374 g/mol. The van der Waals surface area contributed by atoms with Crippen molar-refractivity contribution in [3.8, 4) is 0 Å². The summed E-state index contributed by atoms with van der Waals surface area (Å²) in [4.78, 5) is 8.95. The van der Waals surface area contributed by atoms with Crippen LogP contribution >= 0.6 is 0 Å². The van der Waals surface area contributed by atoms with E-state index in [4.69, 9.17) is 9.47 Å². The summed E-state index contributed by atoms with van der Waals surface area (Å²) in [5.74, 6) is 1.72. The number of nitrogens with zero attached hydrogens (tertiary/aromatic N) is 3. The number of benzene rings is 1. The maximum atomic E-state index is 5.72. The minimum Gasteiger partial charge on any atom is -0.379 e. The van der Waals surface area contributed by atoms with Gasteiger partial charge in [-0.15, -0.1) is 0 Å². The molecule has 0 spiro atoms.